The van der Waals surface area contributed by atoms with Crippen LogP contribution in [0.1, 0.15) is 36.7 Å². The Labute approximate surface area is 164 Å². The maximum absolute atomic E-state index is 10.0. The van der Waals surface area contributed by atoms with Crippen LogP contribution in [0.4, 0.5) is 16.5 Å². The number of nitrogens with zero attached hydrogens (tertiary/aromatic N) is 3. The van der Waals surface area contributed by atoms with E-state index in [-0.39, 0.29) is 12.3 Å². The molecule has 3 atom stereocenters. The van der Waals surface area contributed by atoms with Gasteiger partial charge in [-0.2, -0.15) is 0 Å². The lowest BCUT2D eigenvalue weighted by Gasteiger charge is -2.37. The Hall–Kier alpha value is -1.83. The second-order valence-electron chi connectivity index (χ2n) is 7.74. The second-order valence-corrected chi connectivity index (χ2v) is 8.84. The van der Waals surface area contributed by atoms with E-state index in [1.54, 1.807) is 0 Å². The molecule has 27 heavy (non-hydrogen) atoms. The monoisotopic (exact) mass is 385 g/mol. The van der Waals surface area contributed by atoms with Gasteiger partial charge >= 0.3 is 0 Å². The van der Waals surface area contributed by atoms with E-state index in [4.69, 9.17) is 0 Å². The number of piperidine rings is 2. The number of pyridine rings is 1. The minimum absolute atomic E-state index is 0.133. The van der Waals surface area contributed by atoms with Crippen molar-refractivity contribution in [2.75, 3.05) is 41.3 Å². The highest BCUT2D eigenvalue weighted by atomic mass is 32.1. The van der Waals surface area contributed by atoms with Crippen LogP contribution in [0, 0.1) is 0 Å². The molecule has 2 fully saturated rings. The van der Waals surface area contributed by atoms with Crippen molar-refractivity contribution >= 4 is 27.8 Å². The fraction of sp³-hybridized carbons (Fsp3) is 0.550. The third-order valence-electron chi connectivity index (χ3n) is 5.87. The average Bonchev–Trinajstić information content (AvgIpc) is 3.33. The highest BCUT2D eigenvalue weighted by Gasteiger charge is 2.37. The van der Waals surface area contributed by atoms with E-state index in [1.165, 1.54) is 28.4 Å². The molecule has 0 aromatic carbocycles. The quantitative estimate of drug-likeness (QED) is 0.755. The Bertz CT molecular complexity index is 790. The summed E-state index contributed by atoms with van der Waals surface area (Å²) in [6, 6.07) is 9.14. The van der Waals surface area contributed by atoms with Gasteiger partial charge in [-0.1, -0.05) is 0 Å². The van der Waals surface area contributed by atoms with E-state index in [2.05, 4.69) is 43.6 Å². The number of hydrogen-bond donors (Lipinski definition) is 3. The van der Waals surface area contributed by atoms with Gasteiger partial charge < -0.3 is 25.5 Å². The number of aliphatic hydroxyl groups excluding tert-OH is 1. The van der Waals surface area contributed by atoms with Gasteiger partial charge in [0, 0.05) is 36.8 Å². The molecule has 7 heteroatoms. The number of rotatable bonds is 3. The van der Waals surface area contributed by atoms with Crippen LogP contribution in [0.2, 0.25) is 0 Å². The molecule has 2 unspecified atom stereocenters. The predicted molar refractivity (Wildman–Crippen MR) is 111 cm³/mol. The topological polar surface area (TPSA) is 63.7 Å². The molecule has 0 spiro atoms. The average molecular weight is 386 g/mol. The first-order chi connectivity index (χ1) is 13.3. The van der Waals surface area contributed by atoms with Crippen molar-refractivity contribution in [1.29, 1.82) is 0 Å². The summed E-state index contributed by atoms with van der Waals surface area (Å²) >= 11 is 1.84. The van der Waals surface area contributed by atoms with Crippen molar-refractivity contribution in [2.45, 2.75) is 44.0 Å². The summed E-state index contributed by atoms with van der Waals surface area (Å²) in [7, 11) is 0. The van der Waals surface area contributed by atoms with Gasteiger partial charge in [-0.25, -0.2) is 4.98 Å². The maximum atomic E-state index is 10.0. The summed E-state index contributed by atoms with van der Waals surface area (Å²) in [6.45, 7) is 3.91. The third-order valence-corrected chi connectivity index (χ3v) is 7.07. The largest absolute Gasteiger partial charge is 0.391 e. The molecule has 0 bridgehead atoms. The molecule has 0 radical (unpaired) electrons. The van der Waals surface area contributed by atoms with Gasteiger partial charge in [0.2, 0.25) is 0 Å². The highest BCUT2D eigenvalue weighted by Crippen LogP contribution is 2.45. The van der Waals surface area contributed by atoms with E-state index in [0.29, 0.717) is 6.04 Å². The fourth-order valence-corrected chi connectivity index (χ4v) is 5.65. The molecule has 3 N–H and O–H groups in total. The second kappa shape index (κ2) is 7.30. The van der Waals surface area contributed by atoms with Crippen LogP contribution in [0.15, 0.2) is 30.5 Å². The lowest BCUT2D eigenvalue weighted by atomic mass is 10.0. The van der Waals surface area contributed by atoms with Gasteiger partial charge in [-0.3, -0.25) is 0 Å². The van der Waals surface area contributed by atoms with Gasteiger partial charge in [0.15, 0.2) is 5.82 Å². The maximum Gasteiger partial charge on any atom is 0.151 e. The number of nitrogens with one attached hydrogen (secondary N) is 2. The van der Waals surface area contributed by atoms with E-state index >= 15 is 0 Å². The summed E-state index contributed by atoms with van der Waals surface area (Å²) in [5, 5.41) is 18.5. The number of aliphatic hydroxyl groups is 1. The smallest absolute Gasteiger partial charge is 0.151 e. The summed E-state index contributed by atoms with van der Waals surface area (Å²) < 4.78 is 0. The SMILES string of the molecule is OC1CCCN(c2ccc(C3Nc4ncccc4N3[C@H]3CCCNC3)s2)C1. The third kappa shape index (κ3) is 3.28. The number of anilines is 3. The van der Waals surface area contributed by atoms with E-state index in [1.807, 2.05) is 23.6 Å². The lowest BCUT2D eigenvalue weighted by molar-refractivity contribution is 0.154. The molecule has 0 saturated carbocycles. The molecular weight excluding hydrogens is 358 g/mol. The van der Waals surface area contributed by atoms with Crippen LogP contribution < -0.4 is 20.4 Å². The fourth-order valence-electron chi connectivity index (χ4n) is 4.56. The van der Waals surface area contributed by atoms with Crippen LogP contribution in [-0.4, -0.2) is 48.4 Å². The molecule has 6 nitrogen and oxygen atoms in total. The standard InChI is InChI=1S/C20H27N5OS/c26-15-5-3-11-24(13-15)18-8-7-17(27-18)20-23-19-16(6-2-10-22-19)25(20)14-4-1-9-21-12-14/h2,6-8,10,14-15,20-21,26H,1,3-5,9,11-13H2,(H,22,23)/t14-,15?,20?/m0/s1. The Morgan fingerprint density at radius 3 is 3.00 bits per heavy atom. The Morgan fingerprint density at radius 2 is 2.15 bits per heavy atom. The zero-order chi connectivity index (χ0) is 18.2. The van der Waals surface area contributed by atoms with E-state index in [9.17, 15) is 5.11 Å². The molecule has 5 heterocycles. The summed E-state index contributed by atoms with van der Waals surface area (Å²) in [5.41, 5.74) is 1.21. The van der Waals surface area contributed by atoms with Crippen molar-refractivity contribution in [1.82, 2.24) is 10.3 Å². The van der Waals surface area contributed by atoms with Crippen molar-refractivity contribution in [3.8, 4) is 0 Å². The predicted octanol–water partition coefficient (Wildman–Crippen LogP) is 2.79. The zero-order valence-corrected chi connectivity index (χ0v) is 16.3. The molecule has 144 valence electrons. The number of aromatic nitrogens is 1. The van der Waals surface area contributed by atoms with Gasteiger partial charge in [0.05, 0.1) is 16.8 Å². The molecule has 0 aliphatic carbocycles. The van der Waals surface area contributed by atoms with E-state index in [0.717, 1.165) is 44.8 Å². The van der Waals surface area contributed by atoms with Crippen molar-refractivity contribution in [3.05, 3.63) is 35.3 Å². The van der Waals surface area contributed by atoms with Crippen molar-refractivity contribution < 1.29 is 5.11 Å². The minimum atomic E-state index is -0.202. The summed E-state index contributed by atoms with van der Waals surface area (Å²) in [4.78, 5) is 10.7. The number of β-amino-alcohol motifs (C(OH)–C–C–N with tert-alkyl or cyclic N) is 1. The first kappa shape index (κ1) is 17.3. The van der Waals surface area contributed by atoms with E-state index < -0.39 is 0 Å². The normalized spacial score (nSPS) is 28.1. The molecule has 3 aliphatic rings. The molecule has 2 aromatic heterocycles. The van der Waals surface area contributed by atoms with Crippen LogP contribution in [0.3, 0.4) is 0 Å². The van der Waals surface area contributed by atoms with Gasteiger partial charge in [0.1, 0.15) is 6.17 Å². The number of fused-ring (bicyclic) bond motifs is 1. The van der Waals surface area contributed by atoms with Crippen LogP contribution in [0.5, 0.6) is 0 Å². The summed E-state index contributed by atoms with van der Waals surface area (Å²) in [5.74, 6) is 0.983. The highest BCUT2D eigenvalue weighted by molar-refractivity contribution is 7.16. The van der Waals surface area contributed by atoms with Crippen molar-refractivity contribution in [3.63, 3.8) is 0 Å². The van der Waals surface area contributed by atoms with Crippen molar-refractivity contribution in [2.24, 2.45) is 0 Å². The lowest BCUT2D eigenvalue weighted by Crippen LogP contribution is -2.47. The van der Waals surface area contributed by atoms with Gasteiger partial charge in [0.25, 0.3) is 0 Å². The summed E-state index contributed by atoms with van der Waals surface area (Å²) in [6.07, 6.45) is 6.19. The molecule has 2 saturated heterocycles. The first-order valence-corrected chi connectivity index (χ1v) is 10.8. The van der Waals surface area contributed by atoms with Crippen LogP contribution in [0.25, 0.3) is 0 Å². The van der Waals surface area contributed by atoms with Crippen LogP contribution >= 0.6 is 11.3 Å². The zero-order valence-electron chi connectivity index (χ0n) is 15.5. The Balaban J connectivity index is 1.43. The Kier molecular flexibility index (Phi) is 4.67. The number of hydrogen-bond acceptors (Lipinski definition) is 7. The molecule has 3 aliphatic heterocycles. The molecular formula is C20H27N5OS. The molecule has 0 amide bonds. The first-order valence-electron chi connectivity index (χ1n) is 10.0. The molecule has 2 aromatic rings. The van der Waals surface area contributed by atoms with Gasteiger partial charge in [-0.15, -0.1) is 11.3 Å². The van der Waals surface area contributed by atoms with Crippen LogP contribution in [-0.2, 0) is 0 Å². The minimum Gasteiger partial charge on any atom is -0.391 e. The Morgan fingerprint density at radius 1 is 1.19 bits per heavy atom. The van der Waals surface area contributed by atoms with Gasteiger partial charge in [-0.05, 0) is 56.5 Å². The molecule has 5 rings (SSSR count). The number of thiophene rings is 1.